The van der Waals surface area contributed by atoms with Crippen LogP contribution >= 0.6 is 0 Å². The van der Waals surface area contributed by atoms with Gasteiger partial charge in [0.2, 0.25) is 17.7 Å². The van der Waals surface area contributed by atoms with Crippen molar-refractivity contribution in [2.75, 3.05) is 13.7 Å². The predicted molar refractivity (Wildman–Crippen MR) is 168 cm³/mol. The van der Waals surface area contributed by atoms with E-state index in [0.29, 0.717) is 24.9 Å². The van der Waals surface area contributed by atoms with Crippen LogP contribution in [0.3, 0.4) is 0 Å². The minimum Gasteiger partial charge on any atom is -0.467 e. The van der Waals surface area contributed by atoms with Crippen molar-refractivity contribution < 1.29 is 38.2 Å². The van der Waals surface area contributed by atoms with E-state index >= 15 is 0 Å². The monoisotopic (exact) mass is 641 g/mol. The average molecular weight is 642 g/mol. The van der Waals surface area contributed by atoms with Crippen LogP contribution in [0.5, 0.6) is 0 Å². The predicted octanol–water partition coefficient (Wildman–Crippen LogP) is 1.50. The van der Waals surface area contributed by atoms with Crippen molar-refractivity contribution in [1.29, 1.82) is 0 Å². The quantitative estimate of drug-likeness (QED) is 0.213. The maximum atomic E-state index is 13.9. The molecule has 2 aromatic rings. The second-order valence-electron chi connectivity index (χ2n) is 11.7. The van der Waals surface area contributed by atoms with Gasteiger partial charge in [-0.2, -0.15) is 0 Å². The van der Waals surface area contributed by atoms with Crippen molar-refractivity contribution in [2.45, 2.75) is 82.6 Å². The largest absolute Gasteiger partial charge is 0.467 e. The van der Waals surface area contributed by atoms with Crippen LogP contribution in [0.25, 0.3) is 0 Å². The molecule has 0 aliphatic carbocycles. The molecule has 3 rings (SSSR count). The normalized spacial score (nSPS) is 20.5. The molecular weight excluding hydrogens is 597 g/mol. The molecular formula is C33H44FN5O7. The van der Waals surface area contributed by atoms with E-state index in [9.17, 15) is 33.5 Å². The van der Waals surface area contributed by atoms with E-state index in [1.807, 2.05) is 6.07 Å². The molecule has 1 aliphatic heterocycles. The zero-order valence-corrected chi connectivity index (χ0v) is 26.4. The van der Waals surface area contributed by atoms with E-state index in [0.717, 1.165) is 5.56 Å². The van der Waals surface area contributed by atoms with Crippen molar-refractivity contribution in [3.05, 3.63) is 71.5 Å². The van der Waals surface area contributed by atoms with E-state index in [4.69, 9.17) is 4.74 Å². The van der Waals surface area contributed by atoms with Crippen molar-refractivity contribution >= 4 is 29.7 Å². The fourth-order valence-electron chi connectivity index (χ4n) is 5.16. The highest BCUT2D eigenvalue weighted by Gasteiger charge is 2.32. The molecule has 5 atom stereocenters. The zero-order valence-electron chi connectivity index (χ0n) is 26.4. The first-order valence-corrected chi connectivity index (χ1v) is 15.5. The van der Waals surface area contributed by atoms with Crippen LogP contribution in [0.4, 0.5) is 9.18 Å². The fourth-order valence-corrected chi connectivity index (χ4v) is 5.16. The summed E-state index contributed by atoms with van der Waals surface area (Å²) in [7, 11) is 1.21. The highest BCUT2D eigenvalue weighted by atomic mass is 19.1. The van der Waals surface area contributed by atoms with E-state index < -0.39 is 59.9 Å². The Bertz CT molecular complexity index is 1340. The number of hydrogen-bond donors (Lipinski definition) is 6. The molecule has 12 nitrogen and oxygen atoms in total. The number of methoxy groups -OCH3 is 1. The molecule has 6 N–H and O–H groups in total. The highest BCUT2D eigenvalue weighted by Crippen LogP contribution is 2.14. The number of aliphatic hydroxyl groups is 1. The summed E-state index contributed by atoms with van der Waals surface area (Å²) in [4.78, 5) is 64.9. The van der Waals surface area contributed by atoms with Gasteiger partial charge in [-0.05, 0) is 54.9 Å². The lowest BCUT2D eigenvalue weighted by molar-refractivity contribution is -0.144. The molecule has 2 aromatic carbocycles. The third-order valence-electron chi connectivity index (χ3n) is 7.72. The van der Waals surface area contributed by atoms with E-state index in [-0.39, 0.29) is 37.5 Å². The first-order chi connectivity index (χ1) is 22.0. The number of amides is 5. The summed E-state index contributed by atoms with van der Waals surface area (Å²) >= 11 is 0. The SMILES string of the molecule is COC(=O)[C@@H](NC(=O)N[C@H](Cc1ccccc1)C(=O)N[C@H]1CCCCNC(=O)C[C@@H](O)[C@H](Cc2cccc(F)c2)NC1=O)C(C)C. The lowest BCUT2D eigenvalue weighted by Gasteiger charge is -2.29. The van der Waals surface area contributed by atoms with Gasteiger partial charge in [0, 0.05) is 13.0 Å². The van der Waals surface area contributed by atoms with E-state index in [1.165, 1.54) is 25.3 Å². The van der Waals surface area contributed by atoms with E-state index in [1.54, 1.807) is 44.2 Å². The molecule has 1 heterocycles. The first-order valence-electron chi connectivity index (χ1n) is 15.5. The Morgan fingerprint density at radius 1 is 1.02 bits per heavy atom. The third-order valence-corrected chi connectivity index (χ3v) is 7.72. The Balaban J connectivity index is 1.82. The lowest BCUT2D eigenvalue weighted by atomic mass is 9.97. The van der Waals surface area contributed by atoms with Crippen LogP contribution in [0, 0.1) is 11.7 Å². The molecule has 1 fully saturated rings. The number of aliphatic hydroxyl groups excluding tert-OH is 1. The van der Waals surface area contributed by atoms with Gasteiger partial charge in [0.05, 0.1) is 25.7 Å². The number of nitrogens with one attached hydrogen (secondary N) is 5. The summed E-state index contributed by atoms with van der Waals surface area (Å²) in [5.74, 6) is -3.02. The molecule has 46 heavy (non-hydrogen) atoms. The molecule has 0 radical (unpaired) electrons. The Morgan fingerprint density at radius 3 is 2.41 bits per heavy atom. The van der Waals surface area contributed by atoms with Crippen LogP contribution < -0.4 is 26.6 Å². The molecule has 0 bridgehead atoms. The van der Waals surface area contributed by atoms with Gasteiger partial charge in [0.15, 0.2) is 0 Å². The molecule has 0 spiro atoms. The summed E-state index contributed by atoms with van der Waals surface area (Å²) in [5, 5.41) is 24.4. The van der Waals surface area contributed by atoms with Crippen LogP contribution in [0.2, 0.25) is 0 Å². The molecule has 13 heteroatoms. The minimum absolute atomic E-state index is 0.0359. The fraction of sp³-hybridized carbons (Fsp3) is 0.485. The summed E-state index contributed by atoms with van der Waals surface area (Å²) in [6.07, 6.45) is -0.242. The number of rotatable bonds is 10. The molecule has 5 amide bonds. The molecule has 1 aliphatic rings. The van der Waals surface area contributed by atoms with Gasteiger partial charge in [0.25, 0.3) is 0 Å². The molecule has 250 valence electrons. The van der Waals surface area contributed by atoms with Gasteiger partial charge in [0.1, 0.15) is 23.9 Å². The van der Waals surface area contributed by atoms with Crippen LogP contribution in [0.1, 0.15) is 50.7 Å². The van der Waals surface area contributed by atoms with Crippen LogP contribution in [-0.2, 0) is 36.8 Å². The number of esters is 1. The third kappa shape index (κ3) is 11.4. The highest BCUT2D eigenvalue weighted by molar-refractivity contribution is 5.93. The lowest BCUT2D eigenvalue weighted by Crippen LogP contribution is -2.59. The topological polar surface area (TPSA) is 175 Å². The number of urea groups is 1. The summed E-state index contributed by atoms with van der Waals surface area (Å²) in [6, 6.07) is 9.83. The average Bonchev–Trinajstić information content (AvgIpc) is 3.01. The number of carbonyl (C=O) groups excluding carboxylic acids is 5. The van der Waals surface area contributed by atoms with Crippen molar-refractivity contribution in [3.63, 3.8) is 0 Å². The Labute approximate surface area is 268 Å². The smallest absolute Gasteiger partial charge is 0.328 e. The summed E-state index contributed by atoms with van der Waals surface area (Å²) in [5.41, 5.74) is 1.25. The maximum Gasteiger partial charge on any atom is 0.328 e. The maximum absolute atomic E-state index is 13.9. The van der Waals surface area contributed by atoms with Crippen LogP contribution in [0.15, 0.2) is 54.6 Å². The molecule has 0 aromatic heterocycles. The summed E-state index contributed by atoms with van der Waals surface area (Å²) in [6.45, 7) is 3.79. The van der Waals surface area contributed by atoms with Gasteiger partial charge < -0.3 is 36.4 Å². The van der Waals surface area contributed by atoms with Crippen molar-refractivity contribution in [3.8, 4) is 0 Å². The zero-order chi connectivity index (χ0) is 33.6. The van der Waals surface area contributed by atoms with Gasteiger partial charge in [-0.3, -0.25) is 14.4 Å². The Hall–Kier alpha value is -4.52. The number of benzene rings is 2. The second-order valence-corrected chi connectivity index (χ2v) is 11.7. The standard InChI is InChI=1S/C33H44FN5O7/c1-20(2)29(32(44)46-3)39-33(45)38-26(17-21-10-5-4-6-11-21)31(43)36-24-14-7-8-15-35-28(41)19-27(40)25(37-30(24)42)18-22-12-9-13-23(34)16-22/h4-6,9-13,16,20,24-27,29,40H,7-8,14-15,17-19H2,1-3H3,(H,35,41)(H,36,43)(H,37,42)(H2,38,39,45)/t24-,25-,26+,27+,29-/m0/s1. The van der Waals surface area contributed by atoms with Crippen LogP contribution in [-0.4, -0.2) is 78.8 Å². The van der Waals surface area contributed by atoms with Gasteiger partial charge in [-0.1, -0.05) is 56.3 Å². The summed E-state index contributed by atoms with van der Waals surface area (Å²) < 4.78 is 18.7. The second kappa shape index (κ2) is 17.8. The number of halogens is 1. The number of ether oxygens (including phenoxy) is 1. The Morgan fingerprint density at radius 2 is 1.74 bits per heavy atom. The first kappa shape index (κ1) is 36.0. The van der Waals surface area contributed by atoms with Gasteiger partial charge in [-0.25, -0.2) is 14.0 Å². The van der Waals surface area contributed by atoms with Gasteiger partial charge >= 0.3 is 12.0 Å². The minimum atomic E-state index is -1.29. The molecule has 0 saturated carbocycles. The molecule has 0 unspecified atom stereocenters. The van der Waals surface area contributed by atoms with Gasteiger partial charge in [-0.15, -0.1) is 0 Å². The molecule has 1 saturated heterocycles. The number of carbonyl (C=O) groups is 5. The van der Waals surface area contributed by atoms with E-state index in [2.05, 4.69) is 26.6 Å². The Kier molecular flexibility index (Phi) is 13.9. The number of hydrogen-bond acceptors (Lipinski definition) is 7. The van der Waals surface area contributed by atoms with Crippen molar-refractivity contribution in [1.82, 2.24) is 26.6 Å². The van der Waals surface area contributed by atoms with Crippen molar-refractivity contribution in [2.24, 2.45) is 5.92 Å².